The minimum atomic E-state index is -3.22. The van der Waals surface area contributed by atoms with E-state index in [2.05, 4.69) is 5.32 Å². The Morgan fingerprint density at radius 3 is 2.38 bits per heavy atom. The maximum atomic E-state index is 12.1. The maximum absolute atomic E-state index is 12.1. The number of hydrogen-bond acceptors (Lipinski definition) is 5. The number of hydrogen-bond donors (Lipinski definition) is 2. The molecule has 0 aliphatic carbocycles. The van der Waals surface area contributed by atoms with Crippen molar-refractivity contribution in [3.8, 4) is 0 Å². The van der Waals surface area contributed by atoms with E-state index in [4.69, 9.17) is 5.11 Å². The van der Waals surface area contributed by atoms with Crippen molar-refractivity contribution < 1.29 is 23.1 Å². The topological polar surface area (TPSA) is 104 Å². The predicted octanol–water partition coefficient (Wildman–Crippen LogP) is -0.0195. The molecule has 1 aliphatic rings. The summed E-state index contributed by atoms with van der Waals surface area (Å²) in [5, 5.41) is 11.6. The Bertz CT molecular complexity index is 472. The summed E-state index contributed by atoms with van der Waals surface area (Å²) in [6.45, 7) is 0.610. The summed E-state index contributed by atoms with van der Waals surface area (Å²) in [5.41, 5.74) is 0. The number of sulfonamides is 1. The molecule has 2 N–H and O–H groups in total. The van der Waals surface area contributed by atoms with Gasteiger partial charge in [0.25, 0.3) is 0 Å². The molecule has 0 aromatic heterocycles. The Labute approximate surface area is 129 Å². The molecule has 1 heterocycles. The quantitative estimate of drug-likeness (QED) is 0.676. The number of rotatable bonds is 7. The second-order valence-corrected chi connectivity index (χ2v) is 8.09. The number of amides is 1. The summed E-state index contributed by atoms with van der Waals surface area (Å²) in [6.07, 6.45) is 4.25. The van der Waals surface area contributed by atoms with E-state index in [0.717, 1.165) is 6.26 Å². The van der Waals surface area contributed by atoms with Gasteiger partial charge >= 0.3 is 5.97 Å². The first-order valence-electron chi connectivity index (χ1n) is 6.73. The van der Waals surface area contributed by atoms with Crippen molar-refractivity contribution in [2.45, 2.75) is 25.3 Å². The lowest BCUT2D eigenvalue weighted by molar-refractivity contribution is -0.142. The van der Waals surface area contributed by atoms with Gasteiger partial charge in [-0.25, -0.2) is 17.5 Å². The van der Waals surface area contributed by atoms with Crippen LogP contribution in [0, 0.1) is 5.92 Å². The Balaban J connectivity index is 2.51. The molecule has 0 aromatic rings. The van der Waals surface area contributed by atoms with Gasteiger partial charge in [0.2, 0.25) is 15.9 Å². The van der Waals surface area contributed by atoms with Crippen molar-refractivity contribution in [2.75, 3.05) is 31.4 Å². The van der Waals surface area contributed by atoms with Crippen molar-refractivity contribution in [1.82, 2.24) is 9.62 Å². The van der Waals surface area contributed by atoms with Gasteiger partial charge in [0.05, 0.1) is 6.26 Å². The molecule has 0 radical (unpaired) electrons. The first-order chi connectivity index (χ1) is 9.75. The van der Waals surface area contributed by atoms with Gasteiger partial charge in [-0.3, -0.25) is 4.79 Å². The molecule has 1 rings (SSSR count). The van der Waals surface area contributed by atoms with Crippen LogP contribution in [0.5, 0.6) is 0 Å². The lowest BCUT2D eigenvalue weighted by Gasteiger charge is -2.30. The van der Waals surface area contributed by atoms with Crippen LogP contribution >= 0.6 is 11.8 Å². The molecule has 122 valence electrons. The van der Waals surface area contributed by atoms with E-state index >= 15 is 0 Å². The van der Waals surface area contributed by atoms with Crippen LogP contribution in [0.2, 0.25) is 0 Å². The minimum Gasteiger partial charge on any atom is -0.480 e. The summed E-state index contributed by atoms with van der Waals surface area (Å²) >= 11 is 1.53. The van der Waals surface area contributed by atoms with Gasteiger partial charge in [0.1, 0.15) is 6.04 Å². The standard InChI is InChI=1S/C12H22N2O5S2/c1-20-8-5-10(12(16)17)13-11(15)9-3-6-14(7-4-9)21(2,18)19/h9-10H,3-8H2,1-2H3,(H,13,15)(H,16,17). The summed E-state index contributed by atoms with van der Waals surface area (Å²) < 4.78 is 24.1. The SMILES string of the molecule is CSCCC(NC(=O)C1CCN(S(C)(=O)=O)CC1)C(=O)O. The fraction of sp³-hybridized carbons (Fsp3) is 0.833. The van der Waals surface area contributed by atoms with Gasteiger partial charge in [-0.15, -0.1) is 0 Å². The zero-order valence-corrected chi connectivity index (χ0v) is 13.9. The molecule has 1 atom stereocenters. The van der Waals surface area contributed by atoms with E-state index < -0.39 is 22.0 Å². The third-order valence-electron chi connectivity index (χ3n) is 3.52. The van der Waals surface area contributed by atoms with Crippen molar-refractivity contribution >= 4 is 33.7 Å². The summed E-state index contributed by atoms with van der Waals surface area (Å²) in [6, 6.07) is -0.877. The van der Waals surface area contributed by atoms with Crippen molar-refractivity contribution in [1.29, 1.82) is 0 Å². The molecule has 7 nitrogen and oxygen atoms in total. The third kappa shape index (κ3) is 5.84. The van der Waals surface area contributed by atoms with E-state index in [-0.39, 0.29) is 11.8 Å². The molecule has 9 heteroatoms. The lowest BCUT2D eigenvalue weighted by Crippen LogP contribution is -2.47. The van der Waals surface area contributed by atoms with Crippen LogP contribution in [0.25, 0.3) is 0 Å². The third-order valence-corrected chi connectivity index (χ3v) is 5.47. The molecule has 1 amide bonds. The zero-order chi connectivity index (χ0) is 16.0. The lowest BCUT2D eigenvalue weighted by atomic mass is 9.96. The monoisotopic (exact) mass is 338 g/mol. The Morgan fingerprint density at radius 2 is 1.95 bits per heavy atom. The number of thioether (sulfide) groups is 1. The molecule has 0 bridgehead atoms. The van der Waals surface area contributed by atoms with Gasteiger partial charge in [0.15, 0.2) is 0 Å². The number of nitrogens with zero attached hydrogens (tertiary/aromatic N) is 1. The number of carbonyl (C=O) groups excluding carboxylic acids is 1. The highest BCUT2D eigenvalue weighted by atomic mass is 32.2. The smallest absolute Gasteiger partial charge is 0.326 e. The molecule has 0 spiro atoms. The predicted molar refractivity (Wildman–Crippen MR) is 81.7 cm³/mol. The van der Waals surface area contributed by atoms with E-state index in [1.165, 1.54) is 16.1 Å². The van der Waals surface area contributed by atoms with Crippen molar-refractivity contribution in [3.05, 3.63) is 0 Å². The van der Waals surface area contributed by atoms with E-state index in [0.29, 0.717) is 38.1 Å². The highest BCUT2D eigenvalue weighted by Crippen LogP contribution is 2.19. The largest absolute Gasteiger partial charge is 0.480 e. The maximum Gasteiger partial charge on any atom is 0.326 e. The zero-order valence-electron chi connectivity index (χ0n) is 12.2. The van der Waals surface area contributed by atoms with E-state index in [1.54, 1.807) is 0 Å². The molecule has 0 aromatic carbocycles. The summed E-state index contributed by atoms with van der Waals surface area (Å²) in [4.78, 5) is 23.2. The fourth-order valence-corrected chi connectivity index (χ4v) is 3.58. The number of carboxylic acids is 1. The van der Waals surface area contributed by atoms with Crippen LogP contribution in [0.4, 0.5) is 0 Å². The van der Waals surface area contributed by atoms with Crippen molar-refractivity contribution in [3.63, 3.8) is 0 Å². The number of carbonyl (C=O) groups is 2. The second-order valence-electron chi connectivity index (χ2n) is 5.12. The first-order valence-corrected chi connectivity index (χ1v) is 9.97. The van der Waals surface area contributed by atoms with Gasteiger partial charge < -0.3 is 10.4 Å². The van der Waals surface area contributed by atoms with Gasteiger partial charge in [-0.05, 0) is 31.3 Å². The van der Waals surface area contributed by atoms with Crippen LogP contribution in [0.1, 0.15) is 19.3 Å². The Kier molecular flexibility index (Phi) is 6.95. The highest BCUT2D eigenvalue weighted by Gasteiger charge is 2.30. The number of nitrogens with one attached hydrogen (secondary N) is 1. The highest BCUT2D eigenvalue weighted by molar-refractivity contribution is 7.98. The van der Waals surface area contributed by atoms with Crippen LogP contribution < -0.4 is 5.32 Å². The second kappa shape index (κ2) is 8.00. The molecule has 1 unspecified atom stereocenters. The van der Waals surface area contributed by atoms with Crippen molar-refractivity contribution in [2.24, 2.45) is 5.92 Å². The average molecular weight is 338 g/mol. The van der Waals surface area contributed by atoms with Crippen LogP contribution in [-0.2, 0) is 19.6 Å². The molecule has 1 saturated heterocycles. The number of aliphatic carboxylic acids is 1. The summed E-state index contributed by atoms with van der Waals surface area (Å²) in [7, 11) is -3.22. The van der Waals surface area contributed by atoms with E-state index in [1.807, 2.05) is 6.26 Å². The fourth-order valence-electron chi connectivity index (χ4n) is 2.23. The number of piperidine rings is 1. The normalized spacial score (nSPS) is 19.1. The average Bonchev–Trinajstić information content (AvgIpc) is 2.42. The Morgan fingerprint density at radius 1 is 1.38 bits per heavy atom. The van der Waals surface area contributed by atoms with Crippen LogP contribution in [0.3, 0.4) is 0 Å². The molecular weight excluding hydrogens is 316 g/mol. The van der Waals surface area contributed by atoms with Crippen LogP contribution in [-0.4, -0.2) is 67.1 Å². The molecular formula is C12H22N2O5S2. The summed E-state index contributed by atoms with van der Waals surface area (Å²) in [5.74, 6) is -0.995. The minimum absolute atomic E-state index is 0.295. The van der Waals surface area contributed by atoms with Gasteiger partial charge in [-0.2, -0.15) is 11.8 Å². The molecule has 21 heavy (non-hydrogen) atoms. The first kappa shape index (κ1) is 18.2. The van der Waals surface area contributed by atoms with Gasteiger partial charge in [0, 0.05) is 19.0 Å². The van der Waals surface area contributed by atoms with E-state index in [9.17, 15) is 18.0 Å². The Hall–Kier alpha value is -0.800. The molecule has 0 saturated carbocycles. The molecule has 1 fully saturated rings. The van der Waals surface area contributed by atoms with Crippen LogP contribution in [0.15, 0.2) is 0 Å². The van der Waals surface area contributed by atoms with Gasteiger partial charge in [-0.1, -0.05) is 0 Å². The number of carboxylic acid groups (broad SMARTS) is 1. The molecule has 1 aliphatic heterocycles.